The molecule has 1 aromatic carbocycles. The molecule has 0 spiro atoms. The lowest BCUT2D eigenvalue weighted by molar-refractivity contribution is 0.0694. The van der Waals surface area contributed by atoms with E-state index in [0.29, 0.717) is 12.6 Å². The van der Waals surface area contributed by atoms with E-state index in [0.717, 1.165) is 19.0 Å². The summed E-state index contributed by atoms with van der Waals surface area (Å²) in [5, 5.41) is 12.4. The lowest BCUT2D eigenvalue weighted by atomic mass is 10.1. The maximum absolute atomic E-state index is 15.6. The fraction of sp³-hybridized carbons (Fsp3) is 0.545. The van der Waals surface area contributed by atoms with Gasteiger partial charge in [0.1, 0.15) is 23.6 Å². The molecule has 0 unspecified atom stereocenters. The van der Waals surface area contributed by atoms with E-state index in [1.807, 2.05) is 0 Å². The highest BCUT2D eigenvalue weighted by atomic mass is 19.1. The van der Waals surface area contributed by atoms with Crippen molar-refractivity contribution in [1.82, 2.24) is 9.88 Å². The van der Waals surface area contributed by atoms with Crippen molar-refractivity contribution in [2.75, 3.05) is 37.4 Å². The number of aromatic carboxylic acids is 1. The number of nitrogen functional groups attached to an aromatic ring is 1. The number of hydrogen-bond acceptors (Lipinski definition) is 6. The number of rotatable bonds is 7. The largest absolute Gasteiger partial charge is 0.492 e. The molecule has 4 atom stereocenters. The minimum Gasteiger partial charge on any atom is -0.492 e. The Kier molecular flexibility index (Phi) is 5.19. The number of nitrogens with zero attached hydrogens (tertiary/aromatic N) is 2. The maximum atomic E-state index is 15.6. The van der Waals surface area contributed by atoms with Gasteiger partial charge in [0.2, 0.25) is 5.43 Å². The van der Waals surface area contributed by atoms with Gasteiger partial charge < -0.3 is 30.4 Å². The van der Waals surface area contributed by atoms with Crippen LogP contribution in [-0.2, 0) is 0 Å². The minimum absolute atomic E-state index is 0.0153. The smallest absolute Gasteiger partial charge is 0.341 e. The van der Waals surface area contributed by atoms with Crippen LogP contribution < -0.4 is 26.1 Å². The second-order valence-electron chi connectivity index (χ2n) is 9.10. The van der Waals surface area contributed by atoms with Crippen LogP contribution in [0.15, 0.2) is 11.0 Å². The summed E-state index contributed by atoms with van der Waals surface area (Å²) in [6.45, 7) is 0.557. The molecule has 0 radical (unpaired) electrons. The summed E-state index contributed by atoms with van der Waals surface area (Å²) in [6.07, 6.45) is 0.806. The average molecular weight is 466 g/mol. The number of pyridine rings is 1. The number of carboxylic acids is 1. The number of aromatic nitrogens is 1. The fourth-order valence-electron chi connectivity index (χ4n) is 4.71. The third kappa shape index (κ3) is 3.58. The summed E-state index contributed by atoms with van der Waals surface area (Å²) in [5.74, 6) is -2.98. The van der Waals surface area contributed by atoms with Crippen molar-refractivity contribution in [3.05, 3.63) is 27.8 Å². The Morgan fingerprint density at radius 3 is 2.58 bits per heavy atom. The highest BCUT2D eigenvalue weighted by Crippen LogP contribution is 2.48. The maximum Gasteiger partial charge on any atom is 0.341 e. The molecule has 178 valence electrons. The SMILES string of the molecule is COc1c(N2C[C@@H](CNC3CC3)[C@H](F)C2)c(F)c(N)c2c(=O)c(C(=O)O)cn([C@@H]3C[C@@H]3F)c12. The van der Waals surface area contributed by atoms with Gasteiger partial charge in [-0.25, -0.2) is 18.0 Å². The Morgan fingerprint density at radius 2 is 2.00 bits per heavy atom. The molecule has 8 nitrogen and oxygen atoms in total. The number of benzene rings is 1. The van der Waals surface area contributed by atoms with Gasteiger partial charge in [-0.15, -0.1) is 0 Å². The van der Waals surface area contributed by atoms with E-state index in [4.69, 9.17) is 10.5 Å². The molecule has 0 bridgehead atoms. The number of hydrogen-bond donors (Lipinski definition) is 3. The number of fused-ring (bicyclic) bond motifs is 1. The van der Waals surface area contributed by atoms with E-state index in [2.05, 4.69) is 5.32 Å². The van der Waals surface area contributed by atoms with Gasteiger partial charge in [-0.2, -0.15) is 0 Å². The highest BCUT2D eigenvalue weighted by Gasteiger charge is 2.43. The molecule has 0 amide bonds. The first-order valence-corrected chi connectivity index (χ1v) is 11.0. The van der Waals surface area contributed by atoms with Crippen molar-refractivity contribution >= 4 is 28.2 Å². The number of nitrogens with one attached hydrogen (secondary N) is 1. The van der Waals surface area contributed by atoms with Gasteiger partial charge in [0, 0.05) is 44.2 Å². The van der Waals surface area contributed by atoms with Gasteiger partial charge in [-0.05, 0) is 12.8 Å². The van der Waals surface area contributed by atoms with Crippen LogP contribution in [-0.4, -0.2) is 60.8 Å². The van der Waals surface area contributed by atoms with E-state index < -0.39 is 46.9 Å². The lowest BCUT2D eigenvalue weighted by Crippen LogP contribution is -2.30. The van der Waals surface area contributed by atoms with E-state index in [1.54, 1.807) is 0 Å². The first-order valence-electron chi connectivity index (χ1n) is 11.0. The summed E-state index contributed by atoms with van der Waals surface area (Å²) >= 11 is 0. The molecular formula is C22H25F3N4O4. The number of halogens is 3. The van der Waals surface area contributed by atoms with Gasteiger partial charge in [0.25, 0.3) is 0 Å². The number of methoxy groups -OCH3 is 1. The molecule has 2 heterocycles. The predicted octanol–water partition coefficient (Wildman–Crippen LogP) is 2.24. The zero-order valence-corrected chi connectivity index (χ0v) is 18.0. The third-order valence-electron chi connectivity index (χ3n) is 6.78. The van der Waals surface area contributed by atoms with Crippen LogP contribution >= 0.6 is 0 Å². The summed E-state index contributed by atoms with van der Waals surface area (Å²) in [7, 11) is 1.27. The molecule has 2 aromatic rings. The van der Waals surface area contributed by atoms with Crippen LogP contribution in [0.3, 0.4) is 0 Å². The summed E-state index contributed by atoms with van der Waals surface area (Å²) < 4.78 is 51.2. The molecule has 4 N–H and O–H groups in total. The van der Waals surface area contributed by atoms with Crippen LogP contribution in [0.25, 0.3) is 10.9 Å². The molecule has 1 aromatic heterocycles. The summed E-state index contributed by atoms with van der Waals surface area (Å²) in [5.41, 5.74) is 3.74. The van der Waals surface area contributed by atoms with Crippen molar-refractivity contribution in [2.45, 2.75) is 43.7 Å². The molecule has 5 rings (SSSR count). The zero-order chi connectivity index (χ0) is 23.6. The Bertz CT molecular complexity index is 1200. The average Bonchev–Trinajstić information content (AvgIpc) is 3.69. The first kappa shape index (κ1) is 21.9. The first-order chi connectivity index (χ1) is 15.7. The Balaban J connectivity index is 1.67. The van der Waals surface area contributed by atoms with E-state index in [9.17, 15) is 23.5 Å². The molecule has 3 fully saturated rings. The fourth-order valence-corrected chi connectivity index (χ4v) is 4.71. The third-order valence-corrected chi connectivity index (χ3v) is 6.78. The number of anilines is 2. The van der Waals surface area contributed by atoms with Gasteiger partial charge in [-0.3, -0.25) is 4.79 Å². The number of alkyl halides is 2. The molecule has 2 saturated carbocycles. The zero-order valence-electron chi connectivity index (χ0n) is 18.0. The molecule has 3 aliphatic rings. The van der Waals surface area contributed by atoms with Crippen LogP contribution in [0.1, 0.15) is 35.7 Å². The van der Waals surface area contributed by atoms with Crippen LogP contribution in [0.5, 0.6) is 5.75 Å². The van der Waals surface area contributed by atoms with E-state index in [-0.39, 0.29) is 47.8 Å². The van der Waals surface area contributed by atoms with Gasteiger partial charge in [0.15, 0.2) is 11.6 Å². The monoisotopic (exact) mass is 466 g/mol. The summed E-state index contributed by atoms with van der Waals surface area (Å²) in [6, 6.07) is -0.334. The van der Waals surface area contributed by atoms with Gasteiger partial charge >= 0.3 is 5.97 Å². The Labute approximate surface area is 187 Å². The summed E-state index contributed by atoms with van der Waals surface area (Å²) in [4.78, 5) is 26.0. The van der Waals surface area contributed by atoms with Crippen molar-refractivity contribution in [3.63, 3.8) is 0 Å². The van der Waals surface area contributed by atoms with Gasteiger partial charge in [-0.1, -0.05) is 0 Å². The van der Waals surface area contributed by atoms with Crippen LogP contribution in [0, 0.1) is 11.7 Å². The van der Waals surface area contributed by atoms with Crippen LogP contribution in [0.2, 0.25) is 0 Å². The second kappa shape index (κ2) is 7.82. The molecule has 33 heavy (non-hydrogen) atoms. The van der Waals surface area contributed by atoms with Crippen molar-refractivity contribution in [3.8, 4) is 5.75 Å². The van der Waals surface area contributed by atoms with Gasteiger partial charge in [0.05, 0.1) is 29.7 Å². The van der Waals surface area contributed by atoms with Crippen molar-refractivity contribution in [2.24, 2.45) is 5.92 Å². The quantitative estimate of drug-likeness (QED) is 0.537. The minimum atomic E-state index is -1.53. The number of carboxylic acid groups (broad SMARTS) is 1. The highest BCUT2D eigenvalue weighted by molar-refractivity contribution is 6.03. The molecule has 11 heteroatoms. The number of nitrogens with two attached hydrogens (primary N) is 1. The van der Waals surface area contributed by atoms with Crippen LogP contribution in [0.4, 0.5) is 24.5 Å². The lowest BCUT2D eigenvalue weighted by Gasteiger charge is -2.25. The molecular weight excluding hydrogens is 441 g/mol. The normalized spacial score (nSPS) is 26.7. The standard InChI is InChI=1S/C22H25F3N4O4/c1-33-21-18-15(20(30)11(22(31)32)7-29(18)14-4-12(14)23)17(26)16(25)19(21)28-6-9(13(24)8-28)5-27-10-2-3-10/h7,9-10,12-14,27H,2-6,8,26H2,1H3,(H,31,32)/t9-,12+,13-,14-/m1/s1. The molecule has 1 saturated heterocycles. The topological polar surface area (TPSA) is 110 Å². The van der Waals surface area contributed by atoms with E-state index in [1.165, 1.54) is 16.6 Å². The Morgan fingerprint density at radius 1 is 1.30 bits per heavy atom. The number of ether oxygens (including phenoxy) is 1. The number of carbonyl (C=O) groups is 1. The predicted molar refractivity (Wildman–Crippen MR) is 116 cm³/mol. The van der Waals surface area contributed by atoms with E-state index >= 15 is 4.39 Å². The second-order valence-corrected chi connectivity index (χ2v) is 9.10. The molecule has 2 aliphatic carbocycles. The van der Waals surface area contributed by atoms with Crippen molar-refractivity contribution in [1.29, 1.82) is 0 Å². The molecule has 1 aliphatic heterocycles. The Hall–Kier alpha value is -2.95. The van der Waals surface area contributed by atoms with Crippen molar-refractivity contribution < 1.29 is 27.8 Å².